The summed E-state index contributed by atoms with van der Waals surface area (Å²) in [7, 11) is 0. The number of carbonyl (C=O) groups is 1. The molecule has 2 atom stereocenters. The summed E-state index contributed by atoms with van der Waals surface area (Å²) < 4.78 is 0. The third kappa shape index (κ3) is 4.74. The van der Waals surface area contributed by atoms with Gasteiger partial charge in [0.15, 0.2) is 17.2 Å². The highest BCUT2D eigenvalue weighted by atomic mass is 35.5. The van der Waals surface area contributed by atoms with E-state index in [0.29, 0.717) is 29.1 Å². The Balaban J connectivity index is 1.78. The maximum absolute atomic E-state index is 11.7. The lowest BCUT2D eigenvalue weighted by Crippen LogP contribution is -2.38. The zero-order valence-corrected chi connectivity index (χ0v) is 19.7. The van der Waals surface area contributed by atoms with Crippen LogP contribution in [-0.4, -0.2) is 50.8 Å². The minimum Gasteiger partial charge on any atom is -0.476 e. The number of halogens is 1. The number of nitriles is 1. The first-order chi connectivity index (χ1) is 16.3. The van der Waals surface area contributed by atoms with E-state index >= 15 is 0 Å². The number of nitrogens with one attached hydrogen (secondary N) is 1. The van der Waals surface area contributed by atoms with Gasteiger partial charge in [0.05, 0.1) is 22.8 Å². The van der Waals surface area contributed by atoms with E-state index in [9.17, 15) is 20.3 Å². The van der Waals surface area contributed by atoms with Crippen LogP contribution in [0.25, 0.3) is 11.0 Å². The van der Waals surface area contributed by atoms with Gasteiger partial charge in [0, 0.05) is 25.3 Å². The van der Waals surface area contributed by atoms with E-state index in [1.165, 1.54) is 6.07 Å². The monoisotopic (exact) mass is 480 g/mol. The van der Waals surface area contributed by atoms with Gasteiger partial charge in [-0.2, -0.15) is 5.26 Å². The molecule has 9 nitrogen and oxygen atoms in total. The van der Waals surface area contributed by atoms with Crippen molar-refractivity contribution in [1.29, 1.82) is 5.26 Å². The summed E-state index contributed by atoms with van der Waals surface area (Å²) in [6.07, 6.45) is 1.83. The van der Waals surface area contributed by atoms with E-state index in [1.807, 2.05) is 30.9 Å². The fourth-order valence-corrected chi connectivity index (χ4v) is 4.53. The van der Waals surface area contributed by atoms with Gasteiger partial charge in [-0.05, 0) is 56.4 Å². The fraction of sp³-hybridized carbons (Fsp3) is 0.375. The number of aromatic carboxylic acids is 1. The van der Waals surface area contributed by atoms with Crippen molar-refractivity contribution < 1.29 is 15.0 Å². The normalized spacial score (nSPS) is 16.8. The predicted octanol–water partition coefficient (Wildman–Crippen LogP) is 3.94. The van der Waals surface area contributed by atoms with Crippen LogP contribution in [0.4, 0.5) is 11.5 Å². The molecular weight excluding hydrogens is 456 g/mol. The number of rotatable bonds is 6. The maximum atomic E-state index is 11.7. The molecule has 34 heavy (non-hydrogen) atoms. The van der Waals surface area contributed by atoms with Crippen molar-refractivity contribution in [3.8, 4) is 6.07 Å². The molecule has 1 fully saturated rings. The van der Waals surface area contributed by atoms with Crippen LogP contribution in [0.2, 0.25) is 5.15 Å². The third-order valence-electron chi connectivity index (χ3n) is 6.01. The fourth-order valence-electron chi connectivity index (χ4n) is 4.38. The Morgan fingerprint density at radius 3 is 2.85 bits per heavy atom. The van der Waals surface area contributed by atoms with E-state index in [1.54, 1.807) is 6.07 Å². The molecule has 0 saturated carbocycles. The van der Waals surface area contributed by atoms with Gasteiger partial charge in [-0.15, -0.1) is 0 Å². The van der Waals surface area contributed by atoms with Crippen LogP contribution in [-0.2, 0) is 0 Å². The lowest BCUT2D eigenvalue weighted by molar-refractivity contribution is 0.0691. The molecule has 0 spiro atoms. The summed E-state index contributed by atoms with van der Waals surface area (Å²) in [4.78, 5) is 27.1. The first kappa shape index (κ1) is 23.7. The number of anilines is 2. The summed E-state index contributed by atoms with van der Waals surface area (Å²) in [5.74, 6) is -0.553. The van der Waals surface area contributed by atoms with Gasteiger partial charge >= 0.3 is 5.97 Å². The van der Waals surface area contributed by atoms with Gasteiger partial charge in [0.2, 0.25) is 0 Å². The number of aliphatic hydroxyl groups excluding tert-OH is 1. The van der Waals surface area contributed by atoms with Gasteiger partial charge in [-0.1, -0.05) is 17.7 Å². The molecule has 0 aliphatic carbocycles. The third-order valence-corrected chi connectivity index (χ3v) is 6.22. The average molecular weight is 481 g/mol. The Kier molecular flexibility index (Phi) is 6.82. The molecule has 0 bridgehead atoms. The van der Waals surface area contributed by atoms with Crippen molar-refractivity contribution in [3.63, 3.8) is 0 Å². The summed E-state index contributed by atoms with van der Waals surface area (Å²) >= 11 is 5.89. The molecule has 1 aliphatic rings. The molecule has 0 unspecified atom stereocenters. The van der Waals surface area contributed by atoms with Crippen LogP contribution in [0.3, 0.4) is 0 Å². The smallest absolute Gasteiger partial charge is 0.356 e. The van der Waals surface area contributed by atoms with Gasteiger partial charge in [0.25, 0.3) is 0 Å². The lowest BCUT2D eigenvalue weighted by Gasteiger charge is -2.33. The maximum Gasteiger partial charge on any atom is 0.356 e. The molecule has 2 aromatic heterocycles. The highest BCUT2D eigenvalue weighted by Gasteiger charge is 2.25. The molecule has 0 amide bonds. The highest BCUT2D eigenvalue weighted by Crippen LogP contribution is 2.31. The number of aromatic nitrogens is 3. The second kappa shape index (κ2) is 9.79. The number of hydrogen-bond donors (Lipinski definition) is 3. The summed E-state index contributed by atoms with van der Waals surface area (Å²) in [6.45, 7) is 5.26. The average Bonchev–Trinajstić information content (AvgIpc) is 2.83. The second-order valence-electron chi connectivity index (χ2n) is 8.57. The zero-order valence-electron chi connectivity index (χ0n) is 18.9. The van der Waals surface area contributed by atoms with E-state index in [4.69, 9.17) is 16.6 Å². The predicted molar refractivity (Wildman–Crippen MR) is 129 cm³/mol. The SMILES string of the molecule is Cc1cc([C@@H](C)Nc2ccc(Cl)nc2C(=O)O)c2nc(N3CCC[C@H](CO)C3)c(C#N)nc2c1. The molecule has 1 aliphatic heterocycles. The van der Waals surface area contributed by atoms with E-state index in [-0.39, 0.29) is 35.1 Å². The number of carboxylic acid groups (broad SMARTS) is 1. The number of carboxylic acids is 1. The molecule has 0 radical (unpaired) electrons. The minimum atomic E-state index is -1.18. The van der Waals surface area contributed by atoms with Crippen LogP contribution in [0.15, 0.2) is 24.3 Å². The molecule has 3 aromatic rings. The Bertz CT molecular complexity index is 1290. The molecule has 3 heterocycles. The highest BCUT2D eigenvalue weighted by molar-refractivity contribution is 6.29. The number of benzene rings is 1. The number of pyridine rings is 1. The topological polar surface area (TPSA) is 135 Å². The zero-order chi connectivity index (χ0) is 24.4. The van der Waals surface area contributed by atoms with Crippen molar-refractivity contribution in [3.05, 3.63) is 51.9 Å². The molecule has 176 valence electrons. The number of nitrogens with zero attached hydrogens (tertiary/aromatic N) is 5. The van der Waals surface area contributed by atoms with Gasteiger partial charge in [-0.3, -0.25) is 0 Å². The van der Waals surface area contributed by atoms with Crippen LogP contribution in [0.1, 0.15) is 53.1 Å². The Hall–Kier alpha value is -3.48. The van der Waals surface area contributed by atoms with E-state index < -0.39 is 5.97 Å². The largest absolute Gasteiger partial charge is 0.476 e. The van der Waals surface area contributed by atoms with Crippen LogP contribution in [0.5, 0.6) is 0 Å². The number of aryl methyl sites for hydroxylation is 1. The number of hydrogen-bond acceptors (Lipinski definition) is 8. The summed E-state index contributed by atoms with van der Waals surface area (Å²) in [5, 5.41) is 32.2. The molecule has 4 rings (SSSR count). The molecule has 3 N–H and O–H groups in total. The molecular formula is C24H25ClN6O3. The van der Waals surface area contributed by atoms with Crippen molar-refractivity contribution in [2.45, 2.75) is 32.7 Å². The van der Waals surface area contributed by atoms with Crippen molar-refractivity contribution in [2.75, 3.05) is 29.9 Å². The molecule has 1 aromatic carbocycles. The molecule has 1 saturated heterocycles. The summed E-state index contributed by atoms with van der Waals surface area (Å²) in [6, 6.07) is 8.79. The first-order valence-electron chi connectivity index (χ1n) is 11.0. The Morgan fingerprint density at radius 2 is 2.15 bits per heavy atom. The summed E-state index contributed by atoms with van der Waals surface area (Å²) in [5.41, 5.74) is 3.39. The lowest BCUT2D eigenvalue weighted by atomic mass is 9.98. The quantitative estimate of drug-likeness (QED) is 0.448. The Morgan fingerprint density at radius 1 is 1.35 bits per heavy atom. The Labute approximate surface area is 202 Å². The van der Waals surface area contributed by atoms with Crippen molar-refractivity contribution >= 4 is 40.1 Å². The van der Waals surface area contributed by atoms with Gasteiger partial charge in [0.1, 0.15) is 11.2 Å². The van der Waals surface area contributed by atoms with Crippen LogP contribution < -0.4 is 10.2 Å². The number of aliphatic hydroxyl groups is 1. The minimum absolute atomic E-state index is 0.0891. The standard InChI is InChI=1S/C24H25ClN6O3/c1-13-8-16(14(2)27-17-5-6-20(25)29-22(17)24(33)34)21-18(9-13)28-19(10-26)23(30-21)31-7-3-4-15(11-31)12-32/h5-6,8-9,14-15,27,32H,3-4,7,11-12H2,1-2H3,(H,33,34)/t14-,15+/m1/s1. The first-order valence-corrected chi connectivity index (χ1v) is 11.4. The molecule has 10 heteroatoms. The van der Waals surface area contributed by atoms with Gasteiger partial charge < -0.3 is 20.4 Å². The van der Waals surface area contributed by atoms with Crippen LogP contribution >= 0.6 is 11.6 Å². The van der Waals surface area contributed by atoms with E-state index in [2.05, 4.69) is 21.4 Å². The number of piperidine rings is 1. The van der Waals surface area contributed by atoms with Crippen molar-refractivity contribution in [1.82, 2.24) is 15.0 Å². The van der Waals surface area contributed by atoms with Gasteiger partial charge in [-0.25, -0.2) is 19.7 Å². The number of fused-ring (bicyclic) bond motifs is 1. The van der Waals surface area contributed by atoms with Crippen molar-refractivity contribution in [2.24, 2.45) is 5.92 Å². The van der Waals surface area contributed by atoms with E-state index in [0.717, 1.165) is 30.5 Å². The van der Waals surface area contributed by atoms with Crippen LogP contribution in [0, 0.1) is 24.2 Å². The second-order valence-corrected chi connectivity index (χ2v) is 8.95.